The number of aliphatic hydroxyl groups is 2. The minimum absolute atomic E-state index is 0.0645. The van der Waals surface area contributed by atoms with Gasteiger partial charge in [0.05, 0.1) is 35.6 Å². The summed E-state index contributed by atoms with van der Waals surface area (Å²) in [5.41, 5.74) is 2.02. The van der Waals surface area contributed by atoms with Crippen molar-refractivity contribution >= 4 is 16.9 Å². The number of pyridine rings is 2. The molecule has 0 amide bonds. The lowest BCUT2D eigenvalue weighted by atomic mass is 9.86. The SMILES string of the molecule is CC[C@@]1(O)C(=O)OCc2c1cc1n(c2=O)Cc2c-1nc1cc(F)c(C)cc1c2CN1C2CCC1(CO)CC2. The van der Waals surface area contributed by atoms with E-state index in [0.29, 0.717) is 35.1 Å². The molecule has 8 nitrogen and oxygen atoms in total. The molecule has 0 aliphatic carbocycles. The highest BCUT2D eigenvalue weighted by Gasteiger charge is 2.51. The lowest BCUT2D eigenvalue weighted by molar-refractivity contribution is -0.172. The number of fused-ring (bicyclic) bond motifs is 7. The number of aromatic nitrogens is 2. The van der Waals surface area contributed by atoms with Crippen LogP contribution < -0.4 is 5.56 Å². The molecule has 9 heteroatoms. The number of benzene rings is 1. The van der Waals surface area contributed by atoms with E-state index in [1.807, 2.05) is 6.07 Å². The van der Waals surface area contributed by atoms with Crippen molar-refractivity contribution in [2.45, 2.75) is 82.8 Å². The van der Waals surface area contributed by atoms with Gasteiger partial charge in [0.25, 0.3) is 5.56 Å². The molecule has 2 bridgehead atoms. The maximum Gasteiger partial charge on any atom is 0.343 e. The number of hydrogen-bond donors (Lipinski definition) is 2. The van der Waals surface area contributed by atoms with Crippen LogP contribution in [0.25, 0.3) is 22.3 Å². The summed E-state index contributed by atoms with van der Waals surface area (Å²) >= 11 is 0. The van der Waals surface area contributed by atoms with Crippen molar-refractivity contribution < 1.29 is 24.1 Å². The van der Waals surface area contributed by atoms with Crippen LogP contribution in [0, 0.1) is 12.7 Å². The Hall–Kier alpha value is -3.14. The molecular formula is C29H30FN3O5. The van der Waals surface area contributed by atoms with E-state index in [4.69, 9.17) is 9.72 Å². The molecule has 198 valence electrons. The van der Waals surface area contributed by atoms with E-state index < -0.39 is 11.6 Å². The van der Waals surface area contributed by atoms with Gasteiger partial charge < -0.3 is 19.5 Å². The van der Waals surface area contributed by atoms with Gasteiger partial charge in [-0.25, -0.2) is 14.2 Å². The van der Waals surface area contributed by atoms with Crippen LogP contribution in [0.3, 0.4) is 0 Å². The first-order valence-electron chi connectivity index (χ1n) is 13.4. The predicted octanol–water partition coefficient (Wildman–Crippen LogP) is 3.02. The van der Waals surface area contributed by atoms with E-state index in [1.165, 1.54) is 6.07 Å². The minimum Gasteiger partial charge on any atom is -0.458 e. The van der Waals surface area contributed by atoms with Crippen molar-refractivity contribution in [1.29, 1.82) is 0 Å². The molecule has 2 saturated heterocycles. The first-order valence-corrected chi connectivity index (χ1v) is 13.4. The van der Waals surface area contributed by atoms with Gasteiger partial charge in [0.1, 0.15) is 12.4 Å². The van der Waals surface area contributed by atoms with Crippen LogP contribution in [0.2, 0.25) is 0 Å². The minimum atomic E-state index is -1.91. The van der Waals surface area contributed by atoms with Gasteiger partial charge in [-0.3, -0.25) is 9.69 Å². The van der Waals surface area contributed by atoms with E-state index in [0.717, 1.165) is 42.2 Å². The Morgan fingerprint density at radius 1 is 1.18 bits per heavy atom. The van der Waals surface area contributed by atoms with E-state index in [1.54, 1.807) is 24.5 Å². The summed E-state index contributed by atoms with van der Waals surface area (Å²) in [6.45, 7) is 4.17. The monoisotopic (exact) mass is 519 g/mol. The zero-order valence-corrected chi connectivity index (χ0v) is 21.5. The first kappa shape index (κ1) is 23.9. The molecule has 0 spiro atoms. The van der Waals surface area contributed by atoms with Crippen molar-refractivity contribution in [2.24, 2.45) is 0 Å². The first-order chi connectivity index (χ1) is 18.2. The summed E-state index contributed by atoms with van der Waals surface area (Å²) in [5, 5.41) is 22.4. The Morgan fingerprint density at radius 2 is 1.95 bits per heavy atom. The number of rotatable bonds is 4. The molecule has 6 heterocycles. The molecule has 0 unspecified atom stereocenters. The molecule has 0 saturated carbocycles. The Morgan fingerprint density at radius 3 is 2.66 bits per heavy atom. The number of carbonyl (C=O) groups is 1. The third-order valence-corrected chi connectivity index (χ3v) is 9.64. The van der Waals surface area contributed by atoms with Crippen LogP contribution in [0.5, 0.6) is 0 Å². The fourth-order valence-electron chi connectivity index (χ4n) is 7.31. The van der Waals surface area contributed by atoms with Gasteiger partial charge in [-0.05, 0) is 62.3 Å². The average molecular weight is 520 g/mol. The molecule has 4 aliphatic heterocycles. The van der Waals surface area contributed by atoms with Crippen LogP contribution in [0.1, 0.15) is 66.8 Å². The van der Waals surface area contributed by atoms with Gasteiger partial charge in [-0.2, -0.15) is 0 Å². The number of halogens is 1. The summed E-state index contributed by atoms with van der Waals surface area (Å²) < 4.78 is 21.6. The molecule has 3 aromatic rings. The van der Waals surface area contributed by atoms with E-state index in [-0.39, 0.29) is 54.2 Å². The van der Waals surface area contributed by atoms with E-state index >= 15 is 0 Å². The van der Waals surface area contributed by atoms with Crippen molar-refractivity contribution in [3.8, 4) is 11.4 Å². The number of ether oxygens (including phenoxy) is 1. The number of carbonyl (C=O) groups excluding carboxylic acids is 1. The lowest BCUT2D eigenvalue weighted by Crippen LogP contribution is -2.44. The summed E-state index contributed by atoms with van der Waals surface area (Å²) in [4.78, 5) is 33.4. The Kier molecular flexibility index (Phi) is 5.00. The van der Waals surface area contributed by atoms with E-state index in [9.17, 15) is 24.2 Å². The average Bonchev–Trinajstić information content (AvgIpc) is 3.57. The number of cyclic esters (lactones) is 1. The maximum absolute atomic E-state index is 14.7. The molecule has 1 atom stereocenters. The topological polar surface area (TPSA) is 105 Å². The molecule has 4 aliphatic rings. The van der Waals surface area contributed by atoms with Gasteiger partial charge >= 0.3 is 5.97 Å². The second kappa shape index (κ2) is 7.94. The van der Waals surface area contributed by atoms with Crippen molar-refractivity contribution in [3.63, 3.8) is 0 Å². The van der Waals surface area contributed by atoms with Gasteiger partial charge in [0.2, 0.25) is 0 Å². The molecule has 7 rings (SSSR count). The smallest absolute Gasteiger partial charge is 0.343 e. The quantitative estimate of drug-likeness (QED) is 0.400. The molecule has 0 radical (unpaired) electrons. The number of hydrogen-bond acceptors (Lipinski definition) is 7. The van der Waals surface area contributed by atoms with Crippen molar-refractivity contribution in [1.82, 2.24) is 14.5 Å². The molecule has 38 heavy (non-hydrogen) atoms. The third kappa shape index (κ3) is 2.98. The Bertz CT molecular complexity index is 1610. The van der Waals surface area contributed by atoms with Gasteiger partial charge in [-0.1, -0.05) is 6.92 Å². The van der Waals surface area contributed by atoms with Crippen molar-refractivity contribution in [3.05, 3.63) is 62.2 Å². The third-order valence-electron chi connectivity index (χ3n) is 9.64. The standard InChI is InChI=1S/C29H30FN3O5/c1-3-29(37)21-9-24-25-19(11-32(24)26(35)20(21)13-38-27(29)36)18(17-8-15(2)22(30)10-23(17)31-25)12-33-16-4-6-28(33,14-34)7-5-16/h8-10,16,34,37H,3-7,11-14H2,1-2H3/t16?,28?,29-/m0/s1. The molecule has 1 aromatic carbocycles. The molecule has 2 fully saturated rings. The van der Waals surface area contributed by atoms with Crippen LogP contribution >= 0.6 is 0 Å². The van der Waals surface area contributed by atoms with Gasteiger partial charge in [0.15, 0.2) is 5.60 Å². The van der Waals surface area contributed by atoms with Gasteiger partial charge in [-0.15, -0.1) is 0 Å². The van der Waals surface area contributed by atoms with Crippen LogP contribution in [-0.2, 0) is 34.8 Å². The number of aryl methyl sites for hydroxylation is 1. The second-order valence-electron chi connectivity index (χ2n) is 11.4. The fourth-order valence-corrected chi connectivity index (χ4v) is 7.31. The van der Waals surface area contributed by atoms with Crippen LogP contribution in [0.15, 0.2) is 23.0 Å². The fraction of sp³-hybridized carbons (Fsp3) is 0.483. The molecular weight excluding hydrogens is 489 g/mol. The maximum atomic E-state index is 14.7. The summed E-state index contributed by atoms with van der Waals surface area (Å²) in [5.74, 6) is -1.12. The zero-order chi connectivity index (χ0) is 26.6. The predicted molar refractivity (Wildman–Crippen MR) is 137 cm³/mol. The van der Waals surface area contributed by atoms with Gasteiger partial charge in [0, 0.05) is 40.7 Å². The lowest BCUT2D eigenvalue weighted by Gasteiger charge is -2.34. The van der Waals surface area contributed by atoms with Crippen molar-refractivity contribution in [2.75, 3.05) is 6.61 Å². The highest BCUT2D eigenvalue weighted by Crippen LogP contribution is 2.48. The zero-order valence-electron chi connectivity index (χ0n) is 21.5. The number of aliphatic hydroxyl groups excluding tert-OH is 1. The molecule has 2 N–H and O–H groups in total. The number of nitrogens with zero attached hydrogens (tertiary/aromatic N) is 3. The highest BCUT2D eigenvalue weighted by molar-refractivity contribution is 5.89. The molecule has 2 aromatic heterocycles. The summed E-state index contributed by atoms with van der Waals surface area (Å²) in [6, 6.07) is 5.34. The highest BCUT2D eigenvalue weighted by atomic mass is 19.1. The largest absolute Gasteiger partial charge is 0.458 e. The normalized spacial score (nSPS) is 27.5. The van der Waals surface area contributed by atoms with Crippen LogP contribution in [0.4, 0.5) is 4.39 Å². The van der Waals surface area contributed by atoms with Crippen LogP contribution in [-0.4, -0.2) is 48.8 Å². The summed E-state index contributed by atoms with van der Waals surface area (Å²) in [6.07, 6.45) is 4.03. The second-order valence-corrected chi connectivity index (χ2v) is 11.4. The summed E-state index contributed by atoms with van der Waals surface area (Å²) in [7, 11) is 0. The Balaban J connectivity index is 1.47. The van der Waals surface area contributed by atoms with E-state index in [2.05, 4.69) is 4.90 Å². The number of esters is 1. The Labute approximate surface area is 218 Å².